The van der Waals surface area contributed by atoms with Crippen molar-refractivity contribution in [2.24, 2.45) is 7.05 Å². The van der Waals surface area contributed by atoms with Gasteiger partial charge in [0, 0.05) is 25.0 Å². The zero-order valence-corrected chi connectivity index (χ0v) is 6.78. The summed E-state index contributed by atoms with van der Waals surface area (Å²) in [5.41, 5.74) is 8.46. The van der Waals surface area contributed by atoms with Crippen molar-refractivity contribution in [1.82, 2.24) is 14.8 Å². The van der Waals surface area contributed by atoms with Gasteiger partial charge in [-0.15, -0.1) is 0 Å². The van der Waals surface area contributed by atoms with Gasteiger partial charge in [-0.05, 0) is 6.07 Å². The lowest BCUT2D eigenvalue weighted by atomic mass is 10.2. The van der Waals surface area contributed by atoms with E-state index >= 15 is 0 Å². The van der Waals surface area contributed by atoms with E-state index in [1.165, 1.54) is 0 Å². The lowest BCUT2D eigenvalue weighted by Gasteiger charge is -1.98. The van der Waals surface area contributed by atoms with Gasteiger partial charge in [-0.3, -0.25) is 4.68 Å². The average Bonchev–Trinajstić information content (AvgIpc) is 2.61. The molecule has 0 saturated heterocycles. The summed E-state index contributed by atoms with van der Waals surface area (Å²) in [5.74, 6) is 0. The molecule has 4 heteroatoms. The minimum Gasteiger partial charge on any atom is -0.396 e. The molecule has 3 N–H and O–H groups in total. The summed E-state index contributed by atoms with van der Waals surface area (Å²) in [4.78, 5) is 2.98. The maximum Gasteiger partial charge on any atom is 0.0923 e. The molecule has 0 aliphatic rings. The van der Waals surface area contributed by atoms with E-state index in [-0.39, 0.29) is 0 Å². The first-order valence-corrected chi connectivity index (χ1v) is 3.69. The number of rotatable bonds is 1. The maximum absolute atomic E-state index is 5.74. The number of hydrogen-bond acceptors (Lipinski definition) is 2. The molecule has 0 aromatic carbocycles. The van der Waals surface area contributed by atoms with Crippen LogP contribution in [0.25, 0.3) is 11.3 Å². The zero-order chi connectivity index (χ0) is 8.55. The summed E-state index contributed by atoms with van der Waals surface area (Å²) in [6.45, 7) is 0. The molecule has 2 aromatic heterocycles. The standard InChI is InChI=1S/C8H10N4/c1-12-8(7(9)5-11-12)6-2-3-10-4-6/h2-5,10H,9H2,1H3. The molecule has 12 heavy (non-hydrogen) atoms. The number of H-pyrrole nitrogens is 1. The van der Waals surface area contributed by atoms with Crippen LogP contribution in [-0.2, 0) is 7.05 Å². The van der Waals surface area contributed by atoms with E-state index in [2.05, 4.69) is 10.1 Å². The van der Waals surface area contributed by atoms with Crippen LogP contribution in [0.5, 0.6) is 0 Å². The molecule has 0 spiro atoms. The number of aromatic nitrogens is 3. The second-order valence-corrected chi connectivity index (χ2v) is 2.67. The zero-order valence-electron chi connectivity index (χ0n) is 6.78. The number of nitrogen functional groups attached to an aromatic ring is 1. The molecule has 0 bridgehead atoms. The third kappa shape index (κ3) is 0.887. The second kappa shape index (κ2) is 2.41. The highest BCUT2D eigenvalue weighted by molar-refractivity contribution is 5.71. The van der Waals surface area contributed by atoms with Gasteiger partial charge in [0.25, 0.3) is 0 Å². The van der Waals surface area contributed by atoms with Crippen molar-refractivity contribution in [3.63, 3.8) is 0 Å². The predicted molar refractivity (Wildman–Crippen MR) is 47.4 cm³/mol. The van der Waals surface area contributed by atoms with Crippen molar-refractivity contribution in [3.8, 4) is 11.3 Å². The van der Waals surface area contributed by atoms with E-state index < -0.39 is 0 Å². The van der Waals surface area contributed by atoms with Gasteiger partial charge < -0.3 is 10.7 Å². The van der Waals surface area contributed by atoms with Crippen LogP contribution in [0.3, 0.4) is 0 Å². The van der Waals surface area contributed by atoms with E-state index in [0.29, 0.717) is 5.69 Å². The van der Waals surface area contributed by atoms with Gasteiger partial charge in [0.1, 0.15) is 0 Å². The second-order valence-electron chi connectivity index (χ2n) is 2.67. The van der Waals surface area contributed by atoms with E-state index in [4.69, 9.17) is 5.73 Å². The van der Waals surface area contributed by atoms with Crippen molar-refractivity contribution in [2.45, 2.75) is 0 Å². The predicted octanol–water partition coefficient (Wildman–Crippen LogP) is 0.997. The van der Waals surface area contributed by atoms with Gasteiger partial charge in [0.2, 0.25) is 0 Å². The Kier molecular flexibility index (Phi) is 1.40. The molecule has 0 aliphatic carbocycles. The first kappa shape index (κ1) is 6.97. The minimum atomic E-state index is 0.706. The highest BCUT2D eigenvalue weighted by Gasteiger charge is 2.07. The first-order chi connectivity index (χ1) is 5.79. The van der Waals surface area contributed by atoms with Gasteiger partial charge in [-0.2, -0.15) is 5.10 Å². The Morgan fingerprint density at radius 1 is 1.58 bits per heavy atom. The van der Waals surface area contributed by atoms with Gasteiger partial charge in [-0.25, -0.2) is 0 Å². The SMILES string of the molecule is Cn1ncc(N)c1-c1cc[nH]c1. The number of aryl methyl sites for hydroxylation is 1. The number of nitrogens with zero attached hydrogens (tertiary/aromatic N) is 2. The lowest BCUT2D eigenvalue weighted by Crippen LogP contribution is -1.94. The van der Waals surface area contributed by atoms with Crippen LogP contribution in [0.4, 0.5) is 5.69 Å². The number of aromatic amines is 1. The van der Waals surface area contributed by atoms with Gasteiger partial charge in [-0.1, -0.05) is 0 Å². The molecule has 0 saturated carbocycles. The van der Waals surface area contributed by atoms with E-state index in [0.717, 1.165) is 11.3 Å². The highest BCUT2D eigenvalue weighted by Crippen LogP contribution is 2.23. The Balaban J connectivity index is 2.60. The Hall–Kier alpha value is -1.71. The molecule has 0 aliphatic heterocycles. The third-order valence-electron chi connectivity index (χ3n) is 1.84. The van der Waals surface area contributed by atoms with Crippen LogP contribution in [0.1, 0.15) is 0 Å². The van der Waals surface area contributed by atoms with Crippen molar-refractivity contribution < 1.29 is 0 Å². The molecule has 0 atom stereocenters. The van der Waals surface area contributed by atoms with E-state index in [9.17, 15) is 0 Å². The summed E-state index contributed by atoms with van der Waals surface area (Å²) in [5, 5.41) is 4.05. The van der Waals surface area contributed by atoms with Crippen LogP contribution in [0.15, 0.2) is 24.7 Å². The number of nitrogens with one attached hydrogen (secondary N) is 1. The monoisotopic (exact) mass is 162 g/mol. The van der Waals surface area contributed by atoms with Crippen LogP contribution < -0.4 is 5.73 Å². The normalized spacial score (nSPS) is 10.4. The van der Waals surface area contributed by atoms with E-state index in [1.54, 1.807) is 10.9 Å². The smallest absolute Gasteiger partial charge is 0.0923 e. The molecule has 2 rings (SSSR count). The Labute approximate surface area is 70.0 Å². The third-order valence-corrected chi connectivity index (χ3v) is 1.84. The number of hydrogen-bond donors (Lipinski definition) is 2. The molecule has 4 nitrogen and oxygen atoms in total. The topological polar surface area (TPSA) is 59.6 Å². The quantitative estimate of drug-likeness (QED) is 0.657. The summed E-state index contributed by atoms with van der Waals surface area (Å²) in [7, 11) is 1.87. The first-order valence-electron chi connectivity index (χ1n) is 3.69. The van der Waals surface area contributed by atoms with Crippen LogP contribution in [0.2, 0.25) is 0 Å². The van der Waals surface area contributed by atoms with Crippen LogP contribution >= 0.6 is 0 Å². The summed E-state index contributed by atoms with van der Waals surface area (Å²) < 4.78 is 1.76. The maximum atomic E-state index is 5.74. The molecule has 62 valence electrons. The van der Waals surface area contributed by atoms with Gasteiger partial charge >= 0.3 is 0 Å². The molecular formula is C8H10N4. The van der Waals surface area contributed by atoms with Crippen molar-refractivity contribution in [2.75, 3.05) is 5.73 Å². The van der Waals surface area contributed by atoms with Crippen LogP contribution in [-0.4, -0.2) is 14.8 Å². The number of anilines is 1. The molecule has 2 heterocycles. The van der Waals surface area contributed by atoms with Crippen molar-refractivity contribution in [3.05, 3.63) is 24.7 Å². The molecule has 2 aromatic rings. The summed E-state index contributed by atoms with van der Waals surface area (Å²) in [6, 6.07) is 1.97. The number of nitrogens with two attached hydrogens (primary N) is 1. The fourth-order valence-electron chi connectivity index (χ4n) is 1.28. The molecular weight excluding hydrogens is 152 g/mol. The molecule has 0 unspecified atom stereocenters. The lowest BCUT2D eigenvalue weighted by molar-refractivity contribution is 0.776. The fraction of sp³-hybridized carbons (Fsp3) is 0.125. The fourth-order valence-corrected chi connectivity index (χ4v) is 1.28. The summed E-state index contributed by atoms with van der Waals surface area (Å²) in [6.07, 6.45) is 5.41. The highest BCUT2D eigenvalue weighted by atomic mass is 15.3. The van der Waals surface area contributed by atoms with Gasteiger partial charge in [0.05, 0.1) is 17.6 Å². The molecule has 0 fully saturated rings. The molecule has 0 radical (unpaired) electrons. The Bertz CT molecular complexity index is 352. The van der Waals surface area contributed by atoms with Crippen molar-refractivity contribution >= 4 is 5.69 Å². The largest absolute Gasteiger partial charge is 0.396 e. The summed E-state index contributed by atoms with van der Waals surface area (Å²) >= 11 is 0. The van der Waals surface area contributed by atoms with Gasteiger partial charge in [0.15, 0.2) is 0 Å². The minimum absolute atomic E-state index is 0.706. The average molecular weight is 162 g/mol. The van der Waals surface area contributed by atoms with Crippen LogP contribution in [0, 0.1) is 0 Å². The van der Waals surface area contributed by atoms with E-state index in [1.807, 2.05) is 25.5 Å². The molecule has 0 amide bonds. The Morgan fingerprint density at radius 2 is 2.42 bits per heavy atom. The Morgan fingerprint density at radius 3 is 2.92 bits per heavy atom. The van der Waals surface area contributed by atoms with Crippen molar-refractivity contribution in [1.29, 1.82) is 0 Å².